The minimum Gasteiger partial charge on any atom is -0.388 e. The fourth-order valence-corrected chi connectivity index (χ4v) is 2.45. The van der Waals surface area contributed by atoms with Crippen LogP contribution in [0, 0.1) is 15.9 Å². The first-order chi connectivity index (χ1) is 10.8. The SMILES string of the molecule is O=C(NCC1(O)CCCC1)C(=O)Nc1ccc(F)c([N+](=O)[O-])c1. The van der Waals surface area contributed by atoms with Gasteiger partial charge >= 0.3 is 17.5 Å². The van der Waals surface area contributed by atoms with E-state index >= 15 is 0 Å². The first-order valence-corrected chi connectivity index (χ1v) is 7.06. The third-order valence-electron chi connectivity index (χ3n) is 3.72. The molecule has 1 aliphatic rings. The van der Waals surface area contributed by atoms with E-state index in [0.29, 0.717) is 12.8 Å². The number of nitro benzene ring substituents is 1. The Balaban J connectivity index is 1.94. The summed E-state index contributed by atoms with van der Waals surface area (Å²) < 4.78 is 13.2. The number of hydrogen-bond acceptors (Lipinski definition) is 5. The van der Waals surface area contributed by atoms with Crippen LogP contribution in [0.5, 0.6) is 0 Å². The number of aliphatic hydroxyl groups is 1. The number of carbonyl (C=O) groups is 2. The first kappa shape index (κ1) is 16.8. The second-order valence-electron chi connectivity index (χ2n) is 5.49. The van der Waals surface area contributed by atoms with Crippen molar-refractivity contribution in [3.63, 3.8) is 0 Å². The Morgan fingerprint density at radius 1 is 1.30 bits per heavy atom. The summed E-state index contributed by atoms with van der Waals surface area (Å²) in [5.41, 5.74) is -1.87. The van der Waals surface area contributed by atoms with Gasteiger partial charge in [0.2, 0.25) is 5.82 Å². The smallest absolute Gasteiger partial charge is 0.313 e. The zero-order chi connectivity index (χ0) is 17.0. The van der Waals surface area contributed by atoms with Crippen LogP contribution in [0.4, 0.5) is 15.8 Å². The molecule has 0 aliphatic heterocycles. The molecule has 23 heavy (non-hydrogen) atoms. The van der Waals surface area contributed by atoms with Crippen LogP contribution in [0.25, 0.3) is 0 Å². The number of halogens is 1. The lowest BCUT2D eigenvalue weighted by Gasteiger charge is -2.22. The predicted molar refractivity (Wildman–Crippen MR) is 78.1 cm³/mol. The molecule has 0 heterocycles. The highest BCUT2D eigenvalue weighted by atomic mass is 19.1. The Labute approximate surface area is 130 Å². The lowest BCUT2D eigenvalue weighted by Crippen LogP contribution is -2.44. The molecule has 8 nitrogen and oxygen atoms in total. The quantitative estimate of drug-likeness (QED) is 0.435. The molecule has 0 atom stereocenters. The second kappa shape index (κ2) is 6.69. The minimum atomic E-state index is -1.05. The maximum absolute atomic E-state index is 13.2. The van der Waals surface area contributed by atoms with Gasteiger partial charge < -0.3 is 15.7 Å². The number of nitrogens with zero attached hydrogens (tertiary/aromatic N) is 1. The molecule has 1 aliphatic carbocycles. The van der Waals surface area contributed by atoms with Gasteiger partial charge in [0.15, 0.2) is 0 Å². The molecule has 0 bridgehead atoms. The van der Waals surface area contributed by atoms with Crippen molar-refractivity contribution in [3.05, 3.63) is 34.1 Å². The van der Waals surface area contributed by atoms with E-state index in [1.807, 2.05) is 0 Å². The molecule has 0 unspecified atom stereocenters. The van der Waals surface area contributed by atoms with E-state index in [0.717, 1.165) is 31.0 Å². The number of hydrogen-bond donors (Lipinski definition) is 3. The van der Waals surface area contributed by atoms with Gasteiger partial charge in [-0.25, -0.2) is 0 Å². The summed E-state index contributed by atoms with van der Waals surface area (Å²) in [5, 5.41) is 25.2. The molecule has 9 heteroatoms. The number of anilines is 1. The topological polar surface area (TPSA) is 122 Å². The molecule has 0 spiro atoms. The van der Waals surface area contributed by atoms with Gasteiger partial charge in [-0.05, 0) is 25.0 Å². The van der Waals surface area contributed by atoms with Crippen molar-refractivity contribution in [2.75, 3.05) is 11.9 Å². The molecule has 2 amide bonds. The van der Waals surface area contributed by atoms with Crippen molar-refractivity contribution >= 4 is 23.2 Å². The lowest BCUT2D eigenvalue weighted by molar-refractivity contribution is -0.387. The average molecular weight is 325 g/mol. The van der Waals surface area contributed by atoms with Gasteiger partial charge in [-0.2, -0.15) is 4.39 Å². The van der Waals surface area contributed by atoms with Gasteiger partial charge in [0.05, 0.1) is 10.5 Å². The Bertz CT molecular complexity index is 643. The molecule has 1 saturated carbocycles. The van der Waals surface area contributed by atoms with E-state index in [-0.39, 0.29) is 12.2 Å². The number of carbonyl (C=O) groups excluding carboxylic acids is 2. The number of nitrogens with one attached hydrogen (secondary N) is 2. The highest BCUT2D eigenvalue weighted by Gasteiger charge is 2.32. The number of rotatable bonds is 4. The summed E-state index contributed by atoms with van der Waals surface area (Å²) in [6.07, 6.45) is 2.83. The van der Waals surface area contributed by atoms with E-state index in [4.69, 9.17) is 0 Å². The van der Waals surface area contributed by atoms with E-state index in [1.54, 1.807) is 0 Å². The molecule has 0 aromatic heterocycles. The molecule has 0 saturated heterocycles. The zero-order valence-corrected chi connectivity index (χ0v) is 12.2. The Kier molecular flexibility index (Phi) is 4.89. The molecular weight excluding hydrogens is 309 g/mol. The summed E-state index contributed by atoms with van der Waals surface area (Å²) in [4.78, 5) is 33.1. The zero-order valence-electron chi connectivity index (χ0n) is 12.2. The van der Waals surface area contributed by atoms with Crippen LogP contribution in [0.2, 0.25) is 0 Å². The highest BCUT2D eigenvalue weighted by Crippen LogP contribution is 2.28. The molecule has 3 N–H and O–H groups in total. The van der Waals surface area contributed by atoms with Gasteiger partial charge in [0.25, 0.3) is 0 Å². The van der Waals surface area contributed by atoms with Gasteiger partial charge in [0, 0.05) is 18.3 Å². The van der Waals surface area contributed by atoms with Crippen LogP contribution < -0.4 is 10.6 Å². The van der Waals surface area contributed by atoms with E-state index in [1.165, 1.54) is 0 Å². The standard InChI is InChI=1S/C14H16FN3O5/c15-10-4-3-9(7-11(10)18(22)23)17-13(20)12(19)16-8-14(21)5-1-2-6-14/h3-4,7,21H,1-2,5-6,8H2,(H,16,19)(H,17,20). The second-order valence-corrected chi connectivity index (χ2v) is 5.49. The summed E-state index contributed by atoms with van der Waals surface area (Å²) in [6.45, 7) is -0.0389. The number of benzene rings is 1. The van der Waals surface area contributed by atoms with Gasteiger partial charge in [0.1, 0.15) is 0 Å². The van der Waals surface area contributed by atoms with E-state index in [2.05, 4.69) is 10.6 Å². The van der Waals surface area contributed by atoms with E-state index in [9.17, 15) is 29.2 Å². The summed E-state index contributed by atoms with van der Waals surface area (Å²) in [7, 11) is 0. The fraction of sp³-hybridized carbons (Fsp3) is 0.429. The van der Waals surface area contributed by atoms with Crippen molar-refractivity contribution in [3.8, 4) is 0 Å². The molecular formula is C14H16FN3O5. The van der Waals surface area contributed by atoms with Crippen molar-refractivity contribution < 1.29 is 24.0 Å². The Morgan fingerprint density at radius 2 is 1.96 bits per heavy atom. The van der Waals surface area contributed by atoms with Crippen LogP contribution in [0.15, 0.2) is 18.2 Å². The number of nitro groups is 1. The summed E-state index contributed by atoms with van der Waals surface area (Å²) in [6, 6.07) is 2.76. The molecule has 2 rings (SSSR count). The molecule has 1 aromatic rings. The van der Waals surface area contributed by atoms with Crippen molar-refractivity contribution in [1.82, 2.24) is 5.32 Å². The van der Waals surface area contributed by atoms with Crippen LogP contribution in [-0.2, 0) is 9.59 Å². The number of amides is 2. The normalized spacial score (nSPS) is 15.9. The van der Waals surface area contributed by atoms with Crippen LogP contribution >= 0.6 is 0 Å². The van der Waals surface area contributed by atoms with Crippen molar-refractivity contribution in [2.24, 2.45) is 0 Å². The molecule has 1 fully saturated rings. The minimum absolute atomic E-state index is 0.0389. The summed E-state index contributed by atoms with van der Waals surface area (Å²) in [5.74, 6) is -3.06. The predicted octanol–water partition coefficient (Wildman–Crippen LogP) is 1.09. The molecule has 1 aromatic carbocycles. The van der Waals surface area contributed by atoms with Crippen LogP contribution in [0.3, 0.4) is 0 Å². The fourth-order valence-electron chi connectivity index (χ4n) is 2.45. The molecule has 0 radical (unpaired) electrons. The van der Waals surface area contributed by atoms with Crippen molar-refractivity contribution in [2.45, 2.75) is 31.3 Å². The van der Waals surface area contributed by atoms with Gasteiger partial charge in [-0.3, -0.25) is 19.7 Å². The van der Waals surface area contributed by atoms with E-state index < -0.39 is 33.8 Å². The lowest BCUT2D eigenvalue weighted by atomic mass is 10.0. The third-order valence-corrected chi connectivity index (χ3v) is 3.72. The Morgan fingerprint density at radius 3 is 2.57 bits per heavy atom. The Hall–Kier alpha value is -2.55. The largest absolute Gasteiger partial charge is 0.388 e. The molecule has 124 valence electrons. The monoisotopic (exact) mass is 325 g/mol. The summed E-state index contributed by atoms with van der Waals surface area (Å²) >= 11 is 0. The maximum Gasteiger partial charge on any atom is 0.313 e. The van der Waals surface area contributed by atoms with Crippen molar-refractivity contribution in [1.29, 1.82) is 0 Å². The van der Waals surface area contributed by atoms with Crippen LogP contribution in [-0.4, -0.2) is 34.0 Å². The van der Waals surface area contributed by atoms with Crippen LogP contribution in [0.1, 0.15) is 25.7 Å². The first-order valence-electron chi connectivity index (χ1n) is 7.06. The van der Waals surface area contributed by atoms with Gasteiger partial charge in [-0.1, -0.05) is 12.8 Å². The average Bonchev–Trinajstić information content (AvgIpc) is 2.93. The maximum atomic E-state index is 13.2. The van der Waals surface area contributed by atoms with Gasteiger partial charge in [-0.15, -0.1) is 0 Å². The highest BCUT2D eigenvalue weighted by molar-refractivity contribution is 6.39. The third kappa shape index (κ3) is 4.22.